The Bertz CT molecular complexity index is 642. The molecule has 0 unspecified atom stereocenters. The molecule has 8 heteroatoms. The van der Waals surface area contributed by atoms with E-state index in [0.29, 0.717) is 55.8 Å². The monoisotopic (exact) mass is 432 g/mol. The zero-order chi connectivity index (χ0) is 21.4. The number of halogens is 1. The van der Waals surface area contributed by atoms with Crippen molar-refractivity contribution >= 4 is 25.9 Å². The lowest BCUT2D eigenvalue weighted by molar-refractivity contribution is 0.0544. The molecule has 0 spiro atoms. The van der Waals surface area contributed by atoms with E-state index < -0.39 is 14.3 Å². The number of methoxy groups -OCH3 is 1. The van der Waals surface area contributed by atoms with E-state index in [2.05, 4.69) is 33.9 Å². The first-order chi connectivity index (χ1) is 13.0. The fraction of sp³-hybridized carbons (Fsp3) is 0.650. The maximum absolute atomic E-state index is 11.7. The van der Waals surface area contributed by atoms with Gasteiger partial charge in [-0.3, -0.25) is 0 Å². The molecule has 6 nitrogen and oxygen atoms in total. The first-order valence-corrected chi connectivity index (χ1v) is 12.8. The predicted octanol–water partition coefficient (Wildman–Crippen LogP) is 4.59. The Labute approximate surface area is 174 Å². The van der Waals surface area contributed by atoms with Crippen molar-refractivity contribution in [2.24, 2.45) is 0 Å². The molecule has 0 atom stereocenters. The summed E-state index contributed by atoms with van der Waals surface area (Å²) in [5.41, 5.74) is 0.773. The number of carboxylic acid groups (broad SMARTS) is 1. The molecule has 0 bridgehead atoms. The van der Waals surface area contributed by atoms with E-state index in [1.54, 1.807) is 12.1 Å². The number of carboxylic acids is 1. The maximum atomic E-state index is 11.7. The summed E-state index contributed by atoms with van der Waals surface area (Å²) in [6, 6.07) is 3.26. The minimum absolute atomic E-state index is 0.00971. The Morgan fingerprint density at radius 1 is 1.11 bits per heavy atom. The van der Waals surface area contributed by atoms with E-state index in [-0.39, 0.29) is 10.6 Å². The zero-order valence-electron chi connectivity index (χ0n) is 17.8. The molecular weight excluding hydrogens is 400 g/mol. The van der Waals surface area contributed by atoms with Gasteiger partial charge < -0.3 is 23.7 Å². The third-order valence-electron chi connectivity index (χ3n) is 4.92. The van der Waals surface area contributed by atoms with Crippen LogP contribution in [0.25, 0.3) is 0 Å². The SMILES string of the molecule is COc1c(O[Si](C)(C)C(C)(C)C)ccc(C(=O)O)c1CCOCCOCCCl. The fourth-order valence-corrected chi connectivity index (χ4v) is 3.46. The molecule has 0 aliphatic rings. The average Bonchev–Trinajstić information content (AvgIpc) is 2.59. The van der Waals surface area contributed by atoms with Crippen LogP contribution in [0.3, 0.4) is 0 Å². The minimum atomic E-state index is -2.10. The van der Waals surface area contributed by atoms with Crippen molar-refractivity contribution in [2.75, 3.05) is 39.4 Å². The molecule has 1 rings (SSSR count). The molecule has 0 aliphatic carbocycles. The molecule has 1 aromatic carbocycles. The Morgan fingerprint density at radius 2 is 1.71 bits per heavy atom. The van der Waals surface area contributed by atoms with Crippen LogP contribution in [0.2, 0.25) is 18.1 Å². The van der Waals surface area contributed by atoms with Crippen LogP contribution in [0.15, 0.2) is 12.1 Å². The van der Waals surface area contributed by atoms with Gasteiger partial charge in [0.2, 0.25) is 0 Å². The Kier molecular flexibility index (Phi) is 9.76. The molecule has 0 aromatic heterocycles. The Balaban J connectivity index is 3.00. The highest BCUT2D eigenvalue weighted by Crippen LogP contribution is 2.42. The lowest BCUT2D eigenvalue weighted by Crippen LogP contribution is -2.44. The summed E-state index contributed by atoms with van der Waals surface area (Å²) < 4.78 is 22.8. The number of alkyl halides is 1. The largest absolute Gasteiger partial charge is 0.541 e. The van der Waals surface area contributed by atoms with Crippen molar-refractivity contribution in [3.63, 3.8) is 0 Å². The van der Waals surface area contributed by atoms with Crippen LogP contribution >= 0.6 is 11.6 Å². The van der Waals surface area contributed by atoms with Crippen LogP contribution in [0.1, 0.15) is 36.7 Å². The second-order valence-corrected chi connectivity index (χ2v) is 13.1. The van der Waals surface area contributed by atoms with Gasteiger partial charge in [0.25, 0.3) is 8.32 Å². The Hall–Kier alpha value is -1.28. The van der Waals surface area contributed by atoms with Crippen molar-refractivity contribution in [3.05, 3.63) is 23.3 Å². The molecule has 0 aliphatic heterocycles. The molecule has 0 amide bonds. The summed E-state index contributed by atoms with van der Waals surface area (Å²) in [5, 5.41) is 9.59. The van der Waals surface area contributed by atoms with Crippen LogP contribution in [0, 0.1) is 0 Å². The third-order valence-corrected chi connectivity index (χ3v) is 9.42. The van der Waals surface area contributed by atoms with E-state index in [0.717, 1.165) is 0 Å². The molecule has 160 valence electrons. The van der Waals surface area contributed by atoms with Gasteiger partial charge in [0.05, 0.1) is 39.1 Å². The number of ether oxygens (including phenoxy) is 3. The second-order valence-electron chi connectivity index (χ2n) is 7.95. The summed E-state index contributed by atoms with van der Waals surface area (Å²) in [6.07, 6.45) is 0.398. The molecular formula is C20H33ClO6Si. The number of hydrogen-bond donors (Lipinski definition) is 1. The van der Waals surface area contributed by atoms with Gasteiger partial charge in [-0.25, -0.2) is 4.79 Å². The summed E-state index contributed by atoms with van der Waals surface area (Å²) in [6.45, 7) is 12.4. The van der Waals surface area contributed by atoms with Crippen molar-refractivity contribution in [3.8, 4) is 11.5 Å². The van der Waals surface area contributed by atoms with E-state index in [1.807, 2.05) is 0 Å². The van der Waals surface area contributed by atoms with E-state index in [9.17, 15) is 9.90 Å². The smallest absolute Gasteiger partial charge is 0.336 e. The minimum Gasteiger partial charge on any atom is -0.541 e. The number of rotatable bonds is 12. The predicted molar refractivity (Wildman–Crippen MR) is 114 cm³/mol. The second kappa shape index (κ2) is 11.0. The highest BCUT2D eigenvalue weighted by atomic mass is 35.5. The van der Waals surface area contributed by atoms with Gasteiger partial charge >= 0.3 is 5.97 Å². The topological polar surface area (TPSA) is 74.2 Å². The first kappa shape index (κ1) is 24.8. The Morgan fingerprint density at radius 3 is 2.21 bits per heavy atom. The maximum Gasteiger partial charge on any atom is 0.336 e. The first-order valence-electron chi connectivity index (χ1n) is 9.38. The van der Waals surface area contributed by atoms with Crippen LogP contribution < -0.4 is 9.16 Å². The highest BCUT2D eigenvalue weighted by Gasteiger charge is 2.40. The molecule has 1 N–H and O–H groups in total. The van der Waals surface area contributed by atoms with Gasteiger partial charge in [-0.05, 0) is 30.3 Å². The summed E-state index contributed by atoms with van der Waals surface area (Å²) in [4.78, 5) is 11.7. The van der Waals surface area contributed by atoms with Crippen LogP contribution in [-0.2, 0) is 15.9 Å². The van der Waals surface area contributed by atoms with Gasteiger partial charge in [-0.15, -0.1) is 11.6 Å². The quantitative estimate of drug-likeness (QED) is 0.296. The van der Waals surface area contributed by atoms with Crippen LogP contribution in [0.4, 0.5) is 0 Å². The summed E-state index contributed by atoms with van der Waals surface area (Å²) in [5.74, 6) is 0.490. The molecule has 0 saturated heterocycles. The number of hydrogen-bond acceptors (Lipinski definition) is 5. The van der Waals surface area contributed by atoms with E-state index in [1.165, 1.54) is 7.11 Å². The molecule has 28 heavy (non-hydrogen) atoms. The lowest BCUT2D eigenvalue weighted by atomic mass is 10.0. The van der Waals surface area contributed by atoms with Gasteiger partial charge in [-0.1, -0.05) is 20.8 Å². The van der Waals surface area contributed by atoms with Crippen molar-refractivity contribution < 1.29 is 28.5 Å². The number of benzene rings is 1. The van der Waals surface area contributed by atoms with Gasteiger partial charge in [0.15, 0.2) is 5.75 Å². The standard InChI is InChI=1S/C20H33ClO6Si/c1-20(2,3)28(5,6)27-17-8-7-16(19(22)23)15(18(17)24-4)9-11-25-13-14-26-12-10-21/h7-8H,9-14H2,1-6H3,(H,22,23). The molecule has 0 fully saturated rings. The van der Waals surface area contributed by atoms with Crippen LogP contribution in [-0.4, -0.2) is 58.8 Å². The third kappa shape index (κ3) is 6.95. The van der Waals surface area contributed by atoms with E-state index in [4.69, 9.17) is 30.2 Å². The number of aromatic carboxylic acids is 1. The van der Waals surface area contributed by atoms with E-state index >= 15 is 0 Å². The summed E-state index contributed by atoms with van der Waals surface area (Å²) >= 11 is 5.55. The average molecular weight is 433 g/mol. The van der Waals surface area contributed by atoms with Crippen molar-refractivity contribution in [1.82, 2.24) is 0 Å². The molecule has 0 saturated carbocycles. The lowest BCUT2D eigenvalue weighted by Gasteiger charge is -2.37. The zero-order valence-corrected chi connectivity index (χ0v) is 19.5. The van der Waals surface area contributed by atoms with Crippen molar-refractivity contribution in [1.29, 1.82) is 0 Å². The highest BCUT2D eigenvalue weighted by molar-refractivity contribution is 6.74. The molecule has 0 radical (unpaired) electrons. The number of carbonyl (C=O) groups is 1. The molecule has 1 aromatic rings. The van der Waals surface area contributed by atoms with Gasteiger partial charge in [-0.2, -0.15) is 0 Å². The molecule has 0 heterocycles. The summed E-state index contributed by atoms with van der Waals surface area (Å²) in [7, 11) is -0.572. The normalized spacial score (nSPS) is 12.1. The van der Waals surface area contributed by atoms with Crippen molar-refractivity contribution in [2.45, 2.75) is 45.3 Å². The van der Waals surface area contributed by atoms with Gasteiger partial charge in [0.1, 0.15) is 5.75 Å². The van der Waals surface area contributed by atoms with Crippen LogP contribution in [0.5, 0.6) is 11.5 Å². The van der Waals surface area contributed by atoms with Gasteiger partial charge in [0, 0.05) is 17.9 Å². The fourth-order valence-electron chi connectivity index (χ4n) is 2.34.